The number of aromatic nitrogens is 1. The zero-order valence-electron chi connectivity index (χ0n) is 7.43. The largest absolute Gasteiger partial charge is 0.573 e. The van der Waals surface area contributed by atoms with E-state index in [1.54, 1.807) is 0 Å². The van der Waals surface area contributed by atoms with Crippen LogP contribution in [0.4, 0.5) is 17.6 Å². The SMILES string of the molecule is O=S(=O)(Cl)c1ncc(OC(F)(F)F)c(F)c1I. The van der Waals surface area contributed by atoms with Crippen LogP contribution in [0.15, 0.2) is 11.2 Å². The first kappa shape index (κ1) is 14.7. The van der Waals surface area contributed by atoms with Gasteiger partial charge >= 0.3 is 6.36 Å². The van der Waals surface area contributed by atoms with Crippen molar-refractivity contribution in [1.82, 2.24) is 4.98 Å². The lowest BCUT2D eigenvalue weighted by Crippen LogP contribution is -2.19. The predicted octanol–water partition coefficient (Wildman–Crippen LogP) is 2.65. The highest BCUT2D eigenvalue weighted by Crippen LogP contribution is 2.31. The van der Waals surface area contributed by atoms with Crippen LogP contribution in [0.2, 0.25) is 0 Å². The van der Waals surface area contributed by atoms with Crippen molar-refractivity contribution in [3.8, 4) is 5.75 Å². The molecule has 4 nitrogen and oxygen atoms in total. The number of rotatable bonds is 2. The van der Waals surface area contributed by atoms with Crippen molar-refractivity contribution in [3.63, 3.8) is 0 Å². The van der Waals surface area contributed by atoms with Gasteiger partial charge in [-0.15, -0.1) is 13.2 Å². The average Bonchev–Trinajstić information content (AvgIpc) is 2.08. The van der Waals surface area contributed by atoms with Crippen LogP contribution in [0.25, 0.3) is 0 Å². The van der Waals surface area contributed by atoms with E-state index in [0.717, 1.165) is 22.6 Å². The summed E-state index contributed by atoms with van der Waals surface area (Å²) in [6.07, 6.45) is -4.81. The van der Waals surface area contributed by atoms with Crippen LogP contribution >= 0.6 is 33.3 Å². The second-order valence-electron chi connectivity index (χ2n) is 2.54. The summed E-state index contributed by atoms with van der Waals surface area (Å²) in [6, 6.07) is 0. The summed E-state index contributed by atoms with van der Waals surface area (Å²) >= 11 is 1.16. The van der Waals surface area contributed by atoms with Crippen LogP contribution in [0.5, 0.6) is 5.75 Å². The molecule has 0 aliphatic carbocycles. The molecule has 0 bridgehead atoms. The molecule has 11 heteroatoms. The molecule has 1 aromatic rings. The molecular weight excluding hydrogens is 404 g/mol. The Bertz CT molecular complexity index is 547. The van der Waals surface area contributed by atoms with Gasteiger partial charge in [0.2, 0.25) is 0 Å². The molecule has 0 atom stereocenters. The fourth-order valence-corrected chi connectivity index (χ4v) is 3.30. The molecule has 0 fully saturated rings. The molecule has 1 aromatic heterocycles. The van der Waals surface area contributed by atoms with Gasteiger partial charge in [-0.1, -0.05) is 0 Å². The molecule has 96 valence electrons. The highest BCUT2D eigenvalue weighted by atomic mass is 127. The second-order valence-corrected chi connectivity index (χ2v) is 6.10. The molecule has 0 spiro atoms. The van der Waals surface area contributed by atoms with Crippen LogP contribution in [-0.4, -0.2) is 19.8 Å². The van der Waals surface area contributed by atoms with Gasteiger partial charge in [-0.2, -0.15) is 0 Å². The maximum absolute atomic E-state index is 13.3. The minimum absolute atomic E-state index is 0.292. The molecule has 0 radical (unpaired) electrons. The van der Waals surface area contributed by atoms with E-state index in [0.29, 0.717) is 6.20 Å². The lowest BCUT2D eigenvalue weighted by molar-refractivity contribution is -0.275. The standard InChI is InChI=1S/C6HClF4INO3S/c7-17(14,15)5-4(12)3(8)2(1-13-5)16-6(9,10)11/h1H. The molecule has 0 aliphatic rings. The van der Waals surface area contributed by atoms with Crippen molar-refractivity contribution in [2.24, 2.45) is 0 Å². The molecule has 1 rings (SSSR count). The third-order valence-electron chi connectivity index (χ3n) is 1.35. The van der Waals surface area contributed by atoms with Crippen LogP contribution < -0.4 is 4.74 Å². The highest BCUT2D eigenvalue weighted by Gasteiger charge is 2.34. The Morgan fingerprint density at radius 1 is 1.41 bits per heavy atom. The van der Waals surface area contributed by atoms with Crippen molar-refractivity contribution in [2.75, 3.05) is 0 Å². The Morgan fingerprint density at radius 2 is 1.94 bits per heavy atom. The van der Waals surface area contributed by atoms with Gasteiger partial charge in [0, 0.05) is 10.7 Å². The quantitative estimate of drug-likeness (QED) is 0.431. The van der Waals surface area contributed by atoms with Gasteiger partial charge in [-0.3, -0.25) is 0 Å². The van der Waals surface area contributed by atoms with E-state index in [-0.39, 0.29) is 0 Å². The lowest BCUT2D eigenvalue weighted by atomic mass is 10.4. The van der Waals surface area contributed by atoms with Gasteiger partial charge in [0.05, 0.1) is 9.77 Å². The lowest BCUT2D eigenvalue weighted by Gasteiger charge is -2.10. The molecule has 17 heavy (non-hydrogen) atoms. The minimum Gasteiger partial charge on any atom is -0.401 e. The third kappa shape index (κ3) is 3.81. The maximum atomic E-state index is 13.3. The first-order valence-electron chi connectivity index (χ1n) is 3.57. The molecule has 0 unspecified atom stereocenters. The number of hydrogen-bond donors (Lipinski definition) is 0. The van der Waals surface area contributed by atoms with Crippen molar-refractivity contribution < 1.29 is 30.7 Å². The first-order valence-corrected chi connectivity index (χ1v) is 6.95. The molecule has 0 amide bonds. The van der Waals surface area contributed by atoms with Crippen LogP contribution in [-0.2, 0) is 9.05 Å². The van der Waals surface area contributed by atoms with Gasteiger partial charge in [0.25, 0.3) is 9.05 Å². The van der Waals surface area contributed by atoms with Crippen molar-refractivity contribution >= 4 is 42.3 Å². The number of alkyl halides is 3. The number of nitrogens with zero attached hydrogens (tertiary/aromatic N) is 1. The van der Waals surface area contributed by atoms with E-state index in [4.69, 9.17) is 10.7 Å². The van der Waals surface area contributed by atoms with Gasteiger partial charge in [0.15, 0.2) is 16.6 Å². The van der Waals surface area contributed by atoms with Crippen molar-refractivity contribution in [1.29, 1.82) is 0 Å². The minimum atomic E-state index is -5.10. The Kier molecular flexibility index (Phi) is 4.08. The zero-order chi connectivity index (χ0) is 13.4. The van der Waals surface area contributed by atoms with E-state index < -0.39 is 35.6 Å². The summed E-state index contributed by atoms with van der Waals surface area (Å²) in [7, 11) is 0.557. The van der Waals surface area contributed by atoms with E-state index in [1.807, 2.05) is 0 Å². The Hall–Kier alpha value is -0.360. The van der Waals surface area contributed by atoms with E-state index in [1.165, 1.54) is 0 Å². The fourth-order valence-electron chi connectivity index (χ4n) is 0.798. The maximum Gasteiger partial charge on any atom is 0.573 e. The van der Waals surface area contributed by atoms with Gasteiger partial charge in [-0.25, -0.2) is 17.8 Å². The summed E-state index contributed by atoms with van der Waals surface area (Å²) in [5, 5.41) is -0.869. The summed E-state index contributed by atoms with van der Waals surface area (Å²) in [5.41, 5.74) is 0. The van der Waals surface area contributed by atoms with Crippen LogP contribution in [0.3, 0.4) is 0 Å². The molecule has 0 saturated heterocycles. The van der Waals surface area contributed by atoms with Gasteiger partial charge in [-0.05, 0) is 22.6 Å². The first-order chi connectivity index (χ1) is 7.52. The highest BCUT2D eigenvalue weighted by molar-refractivity contribution is 14.1. The summed E-state index contributed by atoms with van der Waals surface area (Å²) in [6.45, 7) is 0. The summed E-state index contributed by atoms with van der Waals surface area (Å²) in [4.78, 5) is 3.10. The van der Waals surface area contributed by atoms with E-state index in [2.05, 4.69) is 9.72 Å². The molecule has 0 aromatic carbocycles. The number of ether oxygens (including phenoxy) is 1. The molecule has 0 N–H and O–H groups in total. The topological polar surface area (TPSA) is 56.3 Å². The van der Waals surface area contributed by atoms with Gasteiger partial charge in [0.1, 0.15) is 0 Å². The smallest absolute Gasteiger partial charge is 0.401 e. The van der Waals surface area contributed by atoms with Crippen molar-refractivity contribution in [2.45, 2.75) is 11.4 Å². The van der Waals surface area contributed by atoms with E-state index in [9.17, 15) is 26.0 Å². The second kappa shape index (κ2) is 4.72. The Labute approximate surface area is 110 Å². The number of pyridine rings is 1. The molecule has 0 aliphatic heterocycles. The third-order valence-corrected chi connectivity index (χ3v) is 3.91. The van der Waals surface area contributed by atoms with Gasteiger partial charge < -0.3 is 4.74 Å². The molecular formula is C6HClF4INO3S. The van der Waals surface area contributed by atoms with Crippen LogP contribution in [0.1, 0.15) is 0 Å². The van der Waals surface area contributed by atoms with E-state index >= 15 is 0 Å². The Balaban J connectivity index is 3.30. The number of hydrogen-bond acceptors (Lipinski definition) is 4. The van der Waals surface area contributed by atoms with Crippen molar-refractivity contribution in [3.05, 3.63) is 15.6 Å². The molecule has 0 saturated carbocycles. The summed E-state index contributed by atoms with van der Waals surface area (Å²) < 4.78 is 73.2. The molecule has 1 heterocycles. The fraction of sp³-hybridized carbons (Fsp3) is 0.167. The Morgan fingerprint density at radius 3 is 2.35 bits per heavy atom. The normalized spacial score (nSPS) is 12.6. The predicted molar refractivity (Wildman–Crippen MR) is 56.6 cm³/mol. The van der Waals surface area contributed by atoms with Crippen LogP contribution in [0, 0.1) is 9.39 Å². The average molecular weight is 405 g/mol. The number of halogens is 6. The zero-order valence-corrected chi connectivity index (χ0v) is 11.2. The summed E-state index contributed by atoms with van der Waals surface area (Å²) in [5.74, 6) is -2.73. The monoisotopic (exact) mass is 405 g/mol.